The van der Waals surface area contributed by atoms with Gasteiger partial charge in [-0.3, -0.25) is 9.59 Å². The Morgan fingerprint density at radius 3 is 2.23 bits per heavy atom. The molecule has 0 bridgehead atoms. The third kappa shape index (κ3) is 7.86. The lowest BCUT2D eigenvalue weighted by atomic mass is 10.1. The third-order valence-corrected chi connectivity index (χ3v) is 5.60. The summed E-state index contributed by atoms with van der Waals surface area (Å²) < 4.78 is 11.2. The van der Waals surface area contributed by atoms with E-state index in [4.69, 9.17) is 9.47 Å². The van der Waals surface area contributed by atoms with Crippen LogP contribution in [0.1, 0.15) is 29.8 Å². The summed E-state index contributed by atoms with van der Waals surface area (Å²) >= 11 is 0. The fourth-order valence-electron chi connectivity index (χ4n) is 3.61. The maximum Gasteiger partial charge on any atom is 0.255 e. The quantitative estimate of drug-likeness (QED) is 0.396. The van der Waals surface area contributed by atoms with E-state index in [1.165, 1.54) is 7.11 Å². The van der Waals surface area contributed by atoms with Crippen LogP contribution in [0.25, 0.3) is 0 Å². The number of nitrogens with zero attached hydrogens (tertiary/aromatic N) is 1. The van der Waals surface area contributed by atoms with E-state index in [0.717, 1.165) is 30.9 Å². The molecule has 0 fully saturated rings. The largest absolute Gasteiger partial charge is 0.496 e. The summed E-state index contributed by atoms with van der Waals surface area (Å²) in [7, 11) is 1.51. The number of rotatable bonds is 12. The first-order valence-electron chi connectivity index (χ1n) is 11.8. The molecule has 184 valence electrons. The Morgan fingerprint density at radius 1 is 0.886 bits per heavy atom. The van der Waals surface area contributed by atoms with E-state index in [1.807, 2.05) is 54.6 Å². The molecule has 7 heteroatoms. The van der Waals surface area contributed by atoms with Gasteiger partial charge in [0.1, 0.15) is 17.2 Å². The van der Waals surface area contributed by atoms with Crippen molar-refractivity contribution in [1.82, 2.24) is 10.2 Å². The zero-order valence-corrected chi connectivity index (χ0v) is 20.5. The van der Waals surface area contributed by atoms with Gasteiger partial charge in [-0.05, 0) is 55.1 Å². The summed E-state index contributed by atoms with van der Waals surface area (Å²) in [6.07, 6.45) is 0.210. The molecule has 3 aromatic carbocycles. The van der Waals surface area contributed by atoms with E-state index in [1.54, 1.807) is 18.2 Å². The van der Waals surface area contributed by atoms with Crippen molar-refractivity contribution in [3.63, 3.8) is 0 Å². The van der Waals surface area contributed by atoms with Crippen LogP contribution in [0.15, 0.2) is 72.8 Å². The highest BCUT2D eigenvalue weighted by Crippen LogP contribution is 2.24. The zero-order valence-electron chi connectivity index (χ0n) is 20.5. The lowest BCUT2D eigenvalue weighted by Crippen LogP contribution is -2.34. The Hall–Kier alpha value is -3.84. The van der Waals surface area contributed by atoms with Gasteiger partial charge in [0.05, 0.1) is 19.1 Å². The number of ether oxygens (including phenoxy) is 2. The molecule has 0 spiro atoms. The second-order valence-electron chi connectivity index (χ2n) is 7.98. The fraction of sp³-hybridized carbons (Fsp3) is 0.286. The number of benzene rings is 3. The van der Waals surface area contributed by atoms with Crippen LogP contribution >= 0.6 is 0 Å². The average Bonchev–Trinajstić information content (AvgIpc) is 2.88. The number of hydrogen-bond donors (Lipinski definition) is 2. The summed E-state index contributed by atoms with van der Waals surface area (Å²) in [5.74, 6) is 1.50. The predicted octanol–water partition coefficient (Wildman–Crippen LogP) is 4.74. The molecule has 0 saturated carbocycles. The maximum atomic E-state index is 12.6. The molecule has 7 nitrogen and oxygen atoms in total. The van der Waals surface area contributed by atoms with Crippen molar-refractivity contribution in [3.05, 3.63) is 83.9 Å². The van der Waals surface area contributed by atoms with Crippen molar-refractivity contribution in [3.8, 4) is 17.2 Å². The van der Waals surface area contributed by atoms with Gasteiger partial charge in [-0.2, -0.15) is 0 Å². The molecule has 0 unspecified atom stereocenters. The Kier molecular flexibility index (Phi) is 9.69. The second kappa shape index (κ2) is 13.2. The minimum Gasteiger partial charge on any atom is -0.496 e. The van der Waals surface area contributed by atoms with Crippen LogP contribution < -0.4 is 20.1 Å². The minimum atomic E-state index is -0.204. The van der Waals surface area contributed by atoms with E-state index < -0.39 is 0 Å². The van der Waals surface area contributed by atoms with Crippen LogP contribution in [0.2, 0.25) is 0 Å². The van der Waals surface area contributed by atoms with Crippen molar-refractivity contribution < 1.29 is 19.1 Å². The fourth-order valence-corrected chi connectivity index (χ4v) is 3.61. The smallest absolute Gasteiger partial charge is 0.255 e. The van der Waals surface area contributed by atoms with Crippen LogP contribution in [0.4, 0.5) is 5.69 Å². The van der Waals surface area contributed by atoms with Gasteiger partial charge in [0.2, 0.25) is 5.91 Å². The van der Waals surface area contributed by atoms with Crippen LogP contribution in [0, 0.1) is 0 Å². The number of anilines is 1. The summed E-state index contributed by atoms with van der Waals surface area (Å²) in [5.41, 5.74) is 1.86. The minimum absolute atomic E-state index is 0.166. The SMILES string of the molecule is CCN(CC)CCNC(=O)c1ccc(NC(=O)Cc2ccc(Oc3ccccc3)cc2)cc1OC. The number of methoxy groups -OCH3 is 1. The third-order valence-electron chi connectivity index (χ3n) is 5.60. The van der Waals surface area contributed by atoms with Crippen molar-refractivity contribution in [2.24, 2.45) is 0 Å². The molecular weight excluding hydrogens is 442 g/mol. The van der Waals surface area contributed by atoms with Gasteiger partial charge in [-0.1, -0.05) is 44.2 Å². The Morgan fingerprint density at radius 2 is 1.57 bits per heavy atom. The molecular formula is C28H33N3O4. The first kappa shape index (κ1) is 25.8. The summed E-state index contributed by atoms with van der Waals surface area (Å²) in [4.78, 5) is 27.4. The summed E-state index contributed by atoms with van der Waals surface area (Å²) in [5, 5.41) is 5.80. The van der Waals surface area contributed by atoms with Crippen molar-refractivity contribution in [2.75, 3.05) is 38.6 Å². The van der Waals surface area contributed by atoms with Gasteiger partial charge >= 0.3 is 0 Å². The first-order valence-corrected chi connectivity index (χ1v) is 11.8. The Bertz CT molecular complexity index is 1100. The molecule has 0 radical (unpaired) electrons. The van der Waals surface area contributed by atoms with E-state index in [2.05, 4.69) is 29.4 Å². The number of hydrogen-bond acceptors (Lipinski definition) is 5. The molecule has 35 heavy (non-hydrogen) atoms. The number of carbonyl (C=O) groups excluding carboxylic acids is 2. The molecule has 2 amide bonds. The van der Waals surface area contributed by atoms with E-state index in [0.29, 0.717) is 29.3 Å². The van der Waals surface area contributed by atoms with Gasteiger partial charge < -0.3 is 25.0 Å². The molecule has 2 N–H and O–H groups in total. The van der Waals surface area contributed by atoms with E-state index >= 15 is 0 Å². The number of para-hydroxylation sites is 1. The van der Waals surface area contributed by atoms with Crippen molar-refractivity contribution >= 4 is 17.5 Å². The number of nitrogens with one attached hydrogen (secondary N) is 2. The lowest BCUT2D eigenvalue weighted by Gasteiger charge is -2.18. The number of carbonyl (C=O) groups is 2. The molecule has 0 aliphatic heterocycles. The van der Waals surface area contributed by atoms with Crippen LogP contribution in [0.5, 0.6) is 17.2 Å². The van der Waals surface area contributed by atoms with Crippen LogP contribution in [-0.2, 0) is 11.2 Å². The highest BCUT2D eigenvalue weighted by atomic mass is 16.5. The van der Waals surface area contributed by atoms with Gasteiger partial charge in [0, 0.05) is 24.8 Å². The van der Waals surface area contributed by atoms with E-state index in [9.17, 15) is 9.59 Å². The highest BCUT2D eigenvalue weighted by molar-refractivity contribution is 5.98. The highest BCUT2D eigenvalue weighted by Gasteiger charge is 2.14. The van der Waals surface area contributed by atoms with Crippen molar-refractivity contribution in [1.29, 1.82) is 0 Å². The van der Waals surface area contributed by atoms with E-state index in [-0.39, 0.29) is 18.2 Å². The molecule has 0 aromatic heterocycles. The van der Waals surface area contributed by atoms with Crippen LogP contribution in [-0.4, -0.2) is 50.0 Å². The molecule has 0 aliphatic rings. The maximum absolute atomic E-state index is 12.6. The topological polar surface area (TPSA) is 79.9 Å². The first-order chi connectivity index (χ1) is 17.0. The molecule has 0 atom stereocenters. The van der Waals surface area contributed by atoms with Gasteiger partial charge in [-0.15, -0.1) is 0 Å². The monoisotopic (exact) mass is 475 g/mol. The van der Waals surface area contributed by atoms with Crippen molar-refractivity contribution in [2.45, 2.75) is 20.3 Å². The van der Waals surface area contributed by atoms with Gasteiger partial charge in [-0.25, -0.2) is 0 Å². The normalized spacial score (nSPS) is 10.6. The Labute approximate surface area is 207 Å². The molecule has 3 aromatic rings. The van der Waals surface area contributed by atoms with Crippen LogP contribution in [0.3, 0.4) is 0 Å². The zero-order chi connectivity index (χ0) is 25.0. The molecule has 3 rings (SSSR count). The average molecular weight is 476 g/mol. The molecule has 0 aliphatic carbocycles. The van der Waals surface area contributed by atoms with Gasteiger partial charge in [0.15, 0.2) is 0 Å². The Balaban J connectivity index is 1.54. The summed E-state index contributed by atoms with van der Waals surface area (Å²) in [6.45, 7) is 7.41. The second-order valence-corrected chi connectivity index (χ2v) is 7.98. The summed E-state index contributed by atoms with van der Waals surface area (Å²) in [6, 6.07) is 22.0. The molecule has 0 saturated heterocycles. The van der Waals surface area contributed by atoms with Gasteiger partial charge in [0.25, 0.3) is 5.91 Å². The molecule has 0 heterocycles. The number of likely N-dealkylation sites (N-methyl/N-ethyl adjacent to an activating group) is 1. The standard InChI is InChI=1S/C28H33N3O4/c1-4-31(5-2)18-17-29-28(33)25-16-13-22(20-26(25)34-3)30-27(32)19-21-11-14-24(15-12-21)35-23-9-7-6-8-10-23/h6-16,20H,4-5,17-19H2,1-3H3,(H,29,33)(H,30,32). The lowest BCUT2D eigenvalue weighted by molar-refractivity contribution is -0.115. The predicted molar refractivity (Wildman–Crippen MR) is 138 cm³/mol. The number of amides is 2.